The molecule has 0 spiro atoms. The standard InChI is InChI=1S/C18H17Cl2NO4/c1-10(22)12-4-5-16(17(6-12)24-3)25-11(2)18(23)21-15-8-13(19)7-14(20)9-15/h4-9,11H,1-3H3,(H,21,23)/t11-/m0/s1. The summed E-state index contributed by atoms with van der Waals surface area (Å²) in [5.74, 6) is 0.266. The zero-order valence-electron chi connectivity index (χ0n) is 13.9. The van der Waals surface area contributed by atoms with Crippen molar-refractivity contribution in [2.45, 2.75) is 20.0 Å². The van der Waals surface area contributed by atoms with E-state index >= 15 is 0 Å². The third-order valence-corrected chi connectivity index (χ3v) is 3.81. The van der Waals surface area contributed by atoms with Crippen molar-refractivity contribution in [2.24, 2.45) is 0 Å². The van der Waals surface area contributed by atoms with Crippen LogP contribution in [0.3, 0.4) is 0 Å². The Hall–Kier alpha value is -2.24. The summed E-state index contributed by atoms with van der Waals surface area (Å²) in [6.07, 6.45) is -0.810. The van der Waals surface area contributed by atoms with Crippen LogP contribution in [-0.2, 0) is 4.79 Å². The number of hydrogen-bond donors (Lipinski definition) is 1. The maximum Gasteiger partial charge on any atom is 0.265 e. The Morgan fingerprint density at radius 1 is 1.04 bits per heavy atom. The average molecular weight is 382 g/mol. The number of ether oxygens (including phenoxy) is 2. The van der Waals surface area contributed by atoms with E-state index in [9.17, 15) is 9.59 Å². The Morgan fingerprint density at radius 3 is 2.24 bits per heavy atom. The summed E-state index contributed by atoms with van der Waals surface area (Å²) in [7, 11) is 1.46. The molecule has 0 unspecified atom stereocenters. The molecule has 1 amide bonds. The molecule has 7 heteroatoms. The van der Waals surface area contributed by atoms with E-state index in [1.165, 1.54) is 14.0 Å². The second-order valence-electron chi connectivity index (χ2n) is 5.33. The number of carbonyl (C=O) groups excluding carboxylic acids is 2. The van der Waals surface area contributed by atoms with Gasteiger partial charge in [0.05, 0.1) is 7.11 Å². The number of rotatable bonds is 6. The average Bonchev–Trinajstić information content (AvgIpc) is 2.53. The minimum atomic E-state index is -0.810. The van der Waals surface area contributed by atoms with E-state index < -0.39 is 6.10 Å². The first-order valence-electron chi connectivity index (χ1n) is 7.42. The Bertz CT molecular complexity index is 787. The summed E-state index contributed by atoms with van der Waals surface area (Å²) >= 11 is 11.8. The molecular weight excluding hydrogens is 365 g/mol. The van der Waals surface area contributed by atoms with E-state index in [2.05, 4.69) is 5.32 Å². The van der Waals surface area contributed by atoms with E-state index in [0.717, 1.165) is 0 Å². The van der Waals surface area contributed by atoms with Crippen molar-refractivity contribution in [3.8, 4) is 11.5 Å². The van der Waals surface area contributed by atoms with Crippen molar-refractivity contribution < 1.29 is 19.1 Å². The lowest BCUT2D eigenvalue weighted by atomic mass is 10.1. The van der Waals surface area contributed by atoms with Crippen molar-refractivity contribution in [2.75, 3.05) is 12.4 Å². The molecule has 2 aromatic rings. The number of ketones is 1. The number of methoxy groups -OCH3 is 1. The van der Waals surface area contributed by atoms with E-state index in [0.29, 0.717) is 32.8 Å². The molecule has 2 aromatic carbocycles. The summed E-state index contributed by atoms with van der Waals surface area (Å²) in [5, 5.41) is 3.51. The fourth-order valence-corrected chi connectivity index (χ4v) is 2.62. The molecule has 0 saturated heterocycles. The van der Waals surface area contributed by atoms with Crippen LogP contribution in [0.1, 0.15) is 24.2 Å². The normalized spacial score (nSPS) is 11.6. The zero-order valence-corrected chi connectivity index (χ0v) is 15.4. The zero-order chi connectivity index (χ0) is 18.6. The molecule has 0 aliphatic carbocycles. The molecule has 0 saturated carbocycles. The number of benzene rings is 2. The second-order valence-corrected chi connectivity index (χ2v) is 6.20. The highest BCUT2D eigenvalue weighted by Gasteiger charge is 2.18. The maximum atomic E-state index is 12.3. The van der Waals surface area contributed by atoms with E-state index in [1.54, 1.807) is 43.3 Å². The van der Waals surface area contributed by atoms with Gasteiger partial charge in [0.25, 0.3) is 5.91 Å². The number of carbonyl (C=O) groups is 2. The van der Waals surface area contributed by atoms with Crippen molar-refractivity contribution in [1.29, 1.82) is 0 Å². The molecule has 0 heterocycles. The molecule has 0 bridgehead atoms. The van der Waals surface area contributed by atoms with Crippen molar-refractivity contribution in [3.63, 3.8) is 0 Å². The van der Waals surface area contributed by atoms with E-state index in [4.69, 9.17) is 32.7 Å². The minimum Gasteiger partial charge on any atom is -0.493 e. The van der Waals surface area contributed by atoms with Gasteiger partial charge in [-0.3, -0.25) is 9.59 Å². The quantitative estimate of drug-likeness (QED) is 0.741. The third-order valence-electron chi connectivity index (χ3n) is 3.37. The van der Waals surface area contributed by atoms with E-state index in [1.807, 2.05) is 0 Å². The van der Waals surface area contributed by atoms with Crippen LogP contribution in [0.15, 0.2) is 36.4 Å². The largest absolute Gasteiger partial charge is 0.493 e. The molecule has 1 N–H and O–H groups in total. The van der Waals surface area contributed by atoms with Gasteiger partial charge in [0.1, 0.15) is 0 Å². The first-order valence-corrected chi connectivity index (χ1v) is 8.18. The predicted octanol–water partition coefficient (Wildman–Crippen LogP) is 4.61. The summed E-state index contributed by atoms with van der Waals surface area (Å²) in [4.78, 5) is 23.7. The van der Waals surface area contributed by atoms with Gasteiger partial charge in [-0.2, -0.15) is 0 Å². The van der Waals surface area contributed by atoms with Crippen LogP contribution in [-0.4, -0.2) is 24.9 Å². The van der Waals surface area contributed by atoms with E-state index in [-0.39, 0.29) is 11.7 Å². The fraction of sp³-hybridized carbons (Fsp3) is 0.222. The van der Waals surface area contributed by atoms with Crippen LogP contribution in [0.5, 0.6) is 11.5 Å². The summed E-state index contributed by atoms with van der Waals surface area (Å²) in [6, 6.07) is 9.51. The second kappa shape index (κ2) is 8.23. The maximum absolute atomic E-state index is 12.3. The highest BCUT2D eigenvalue weighted by atomic mass is 35.5. The number of Topliss-reactive ketones (excluding diaryl/α,β-unsaturated/α-hetero) is 1. The lowest BCUT2D eigenvalue weighted by Gasteiger charge is -2.17. The van der Waals surface area contributed by atoms with Crippen LogP contribution in [0, 0.1) is 0 Å². The monoisotopic (exact) mass is 381 g/mol. The minimum absolute atomic E-state index is 0.0894. The molecule has 132 valence electrons. The third kappa shape index (κ3) is 5.11. The van der Waals surface area contributed by atoms with Gasteiger partial charge >= 0.3 is 0 Å². The predicted molar refractivity (Wildman–Crippen MR) is 98.2 cm³/mol. The topological polar surface area (TPSA) is 64.6 Å². The first-order chi connectivity index (χ1) is 11.8. The lowest BCUT2D eigenvalue weighted by molar-refractivity contribution is -0.122. The number of nitrogens with one attached hydrogen (secondary N) is 1. The molecule has 5 nitrogen and oxygen atoms in total. The SMILES string of the molecule is COc1cc(C(C)=O)ccc1O[C@@H](C)C(=O)Nc1cc(Cl)cc(Cl)c1. The van der Waals surface area contributed by atoms with Crippen LogP contribution in [0.25, 0.3) is 0 Å². The van der Waals surface area contributed by atoms with Gasteiger partial charge in [0, 0.05) is 21.3 Å². The number of halogens is 2. The Morgan fingerprint density at radius 2 is 1.68 bits per heavy atom. The number of hydrogen-bond acceptors (Lipinski definition) is 4. The van der Waals surface area contributed by atoms with Crippen LogP contribution < -0.4 is 14.8 Å². The van der Waals surface area contributed by atoms with Crippen molar-refractivity contribution in [1.82, 2.24) is 0 Å². The molecule has 2 rings (SSSR count). The molecule has 0 radical (unpaired) electrons. The molecule has 0 aliphatic heterocycles. The van der Waals surface area contributed by atoms with Gasteiger partial charge < -0.3 is 14.8 Å². The molecule has 25 heavy (non-hydrogen) atoms. The van der Waals surface area contributed by atoms with Gasteiger partial charge in [0.15, 0.2) is 23.4 Å². The molecule has 0 aliphatic rings. The molecule has 0 fully saturated rings. The summed E-state index contributed by atoms with van der Waals surface area (Å²) in [5.41, 5.74) is 0.965. The molecule has 1 atom stereocenters. The van der Waals surface area contributed by atoms with Crippen molar-refractivity contribution >= 4 is 40.6 Å². The van der Waals surface area contributed by atoms with Gasteiger partial charge in [-0.05, 0) is 50.2 Å². The number of anilines is 1. The smallest absolute Gasteiger partial charge is 0.265 e. The summed E-state index contributed by atoms with van der Waals surface area (Å²) < 4.78 is 10.9. The van der Waals surface area contributed by atoms with Crippen molar-refractivity contribution in [3.05, 3.63) is 52.0 Å². The molecule has 0 aromatic heterocycles. The Balaban J connectivity index is 2.11. The highest BCUT2D eigenvalue weighted by Crippen LogP contribution is 2.29. The van der Waals surface area contributed by atoms with Crippen LogP contribution in [0.4, 0.5) is 5.69 Å². The highest BCUT2D eigenvalue weighted by molar-refractivity contribution is 6.35. The van der Waals surface area contributed by atoms with Gasteiger partial charge in [0.2, 0.25) is 0 Å². The fourth-order valence-electron chi connectivity index (χ4n) is 2.10. The van der Waals surface area contributed by atoms with Gasteiger partial charge in [-0.15, -0.1) is 0 Å². The Labute approximate surface area is 155 Å². The van der Waals surface area contributed by atoms with Crippen LogP contribution >= 0.6 is 23.2 Å². The number of amides is 1. The van der Waals surface area contributed by atoms with Gasteiger partial charge in [-0.25, -0.2) is 0 Å². The Kier molecular flexibility index (Phi) is 6.28. The van der Waals surface area contributed by atoms with Crippen LogP contribution in [0.2, 0.25) is 10.0 Å². The summed E-state index contributed by atoms with van der Waals surface area (Å²) in [6.45, 7) is 3.06. The van der Waals surface area contributed by atoms with Gasteiger partial charge in [-0.1, -0.05) is 23.2 Å². The first kappa shape index (κ1) is 19.1. The molecular formula is C18H17Cl2NO4. The lowest BCUT2D eigenvalue weighted by Crippen LogP contribution is -2.30.